The number of nitrogens with zero attached hydrogens (tertiary/aromatic N) is 1. The Hall–Kier alpha value is -2.79. The SMILES string of the molecule is CCOC(=O)C[C@H](c1ccc([N+](=O)[O-])cc1)[C@H](NC(=O)c1cc(Br)cc(Br)c1)C(N)=O. The minimum atomic E-state index is -1.27. The van der Waals surface area contributed by atoms with Gasteiger partial charge >= 0.3 is 5.97 Å². The fourth-order valence-corrected chi connectivity index (χ4v) is 4.24. The summed E-state index contributed by atoms with van der Waals surface area (Å²) in [4.78, 5) is 47.6. The van der Waals surface area contributed by atoms with Crippen LogP contribution in [-0.4, -0.2) is 35.4 Å². The van der Waals surface area contributed by atoms with E-state index in [9.17, 15) is 24.5 Å². The second kappa shape index (κ2) is 11.0. The average molecular weight is 557 g/mol. The number of halogens is 2. The number of carbonyl (C=O) groups is 3. The molecule has 0 radical (unpaired) electrons. The fourth-order valence-electron chi connectivity index (χ4n) is 2.95. The van der Waals surface area contributed by atoms with E-state index in [4.69, 9.17) is 10.5 Å². The van der Waals surface area contributed by atoms with Crippen LogP contribution in [0.1, 0.15) is 35.2 Å². The van der Waals surface area contributed by atoms with E-state index < -0.39 is 34.7 Å². The van der Waals surface area contributed by atoms with Crippen LogP contribution < -0.4 is 11.1 Å². The van der Waals surface area contributed by atoms with Gasteiger partial charge < -0.3 is 15.8 Å². The lowest BCUT2D eigenvalue weighted by molar-refractivity contribution is -0.384. The highest BCUT2D eigenvalue weighted by molar-refractivity contribution is 9.11. The third kappa shape index (κ3) is 6.86. The van der Waals surface area contributed by atoms with E-state index >= 15 is 0 Å². The van der Waals surface area contributed by atoms with Crippen LogP contribution in [0.15, 0.2) is 51.4 Å². The van der Waals surface area contributed by atoms with Crippen LogP contribution >= 0.6 is 31.9 Å². The van der Waals surface area contributed by atoms with E-state index in [-0.39, 0.29) is 24.3 Å². The number of non-ortho nitro benzene ring substituents is 1. The third-order valence-electron chi connectivity index (χ3n) is 4.34. The zero-order valence-electron chi connectivity index (χ0n) is 16.3. The van der Waals surface area contributed by atoms with Gasteiger partial charge in [0.15, 0.2) is 0 Å². The van der Waals surface area contributed by atoms with E-state index in [2.05, 4.69) is 37.2 Å². The Balaban J connectivity index is 2.40. The maximum absolute atomic E-state index is 12.8. The normalized spacial score (nSPS) is 12.5. The molecule has 0 aliphatic heterocycles. The van der Waals surface area contributed by atoms with Gasteiger partial charge in [0.05, 0.1) is 18.0 Å². The van der Waals surface area contributed by atoms with Crippen LogP contribution in [-0.2, 0) is 14.3 Å². The Kier molecular flexibility index (Phi) is 8.69. The maximum Gasteiger partial charge on any atom is 0.306 e. The van der Waals surface area contributed by atoms with Crippen LogP contribution in [0.5, 0.6) is 0 Å². The molecule has 3 N–H and O–H groups in total. The molecule has 2 atom stereocenters. The van der Waals surface area contributed by atoms with Gasteiger partial charge in [0.1, 0.15) is 6.04 Å². The first-order valence-corrected chi connectivity index (χ1v) is 10.7. The molecule has 2 rings (SSSR count). The molecule has 164 valence electrons. The molecule has 2 aromatic rings. The number of hydrogen-bond donors (Lipinski definition) is 2. The van der Waals surface area contributed by atoms with Gasteiger partial charge in [-0.05, 0) is 30.7 Å². The highest BCUT2D eigenvalue weighted by atomic mass is 79.9. The van der Waals surface area contributed by atoms with Crippen molar-refractivity contribution in [2.24, 2.45) is 5.73 Å². The number of amides is 2. The number of benzene rings is 2. The molecule has 0 fully saturated rings. The number of ether oxygens (including phenoxy) is 1. The van der Waals surface area contributed by atoms with Crippen LogP contribution in [0.2, 0.25) is 0 Å². The largest absolute Gasteiger partial charge is 0.466 e. The number of primary amides is 1. The van der Waals surface area contributed by atoms with Gasteiger partial charge in [-0.1, -0.05) is 44.0 Å². The Morgan fingerprint density at radius 1 is 1.13 bits per heavy atom. The van der Waals surface area contributed by atoms with Crippen molar-refractivity contribution in [1.29, 1.82) is 0 Å². The number of carbonyl (C=O) groups excluding carboxylic acids is 3. The monoisotopic (exact) mass is 555 g/mol. The number of esters is 1. The smallest absolute Gasteiger partial charge is 0.306 e. The molecular weight excluding hydrogens is 538 g/mol. The number of nitrogens with two attached hydrogens (primary N) is 1. The van der Waals surface area contributed by atoms with E-state index in [0.717, 1.165) is 0 Å². The van der Waals surface area contributed by atoms with Gasteiger partial charge in [-0.25, -0.2) is 0 Å². The molecule has 0 aromatic heterocycles. The zero-order valence-corrected chi connectivity index (χ0v) is 19.5. The molecule has 9 nitrogen and oxygen atoms in total. The van der Waals surface area contributed by atoms with Crippen LogP contribution in [0.4, 0.5) is 5.69 Å². The number of nitro benzene ring substituents is 1. The molecule has 0 saturated carbocycles. The minimum Gasteiger partial charge on any atom is -0.466 e. The summed E-state index contributed by atoms with van der Waals surface area (Å²) in [6, 6.07) is 8.92. The van der Waals surface area contributed by atoms with Crippen molar-refractivity contribution in [1.82, 2.24) is 5.32 Å². The highest BCUT2D eigenvalue weighted by Gasteiger charge is 2.32. The predicted octanol–water partition coefficient (Wildman–Crippen LogP) is 3.44. The summed E-state index contributed by atoms with van der Waals surface area (Å²) < 4.78 is 6.26. The second-order valence-electron chi connectivity index (χ2n) is 6.48. The Labute approximate surface area is 194 Å². The fraction of sp³-hybridized carbons (Fsp3) is 0.250. The van der Waals surface area contributed by atoms with Crippen molar-refractivity contribution in [2.75, 3.05) is 6.61 Å². The molecule has 0 heterocycles. The van der Waals surface area contributed by atoms with Crippen molar-refractivity contribution >= 4 is 55.3 Å². The first-order valence-electron chi connectivity index (χ1n) is 9.08. The standard InChI is InChI=1S/C20H19Br2N3O6/c1-2-31-17(26)10-16(11-3-5-15(6-4-11)25(29)30)18(19(23)27)24-20(28)12-7-13(21)9-14(22)8-12/h3-9,16,18H,2,10H2,1H3,(H2,23,27)(H,24,28)/t16-,18+/m1/s1. The molecule has 0 aliphatic carbocycles. The lowest BCUT2D eigenvalue weighted by Gasteiger charge is -2.25. The first kappa shape index (κ1) is 24.5. The van der Waals surface area contributed by atoms with E-state index in [1.54, 1.807) is 25.1 Å². The molecule has 11 heteroatoms. The van der Waals surface area contributed by atoms with Crippen LogP contribution in [0.25, 0.3) is 0 Å². The van der Waals surface area contributed by atoms with Crippen LogP contribution in [0.3, 0.4) is 0 Å². The van der Waals surface area contributed by atoms with E-state index in [1.807, 2.05) is 0 Å². The second-order valence-corrected chi connectivity index (χ2v) is 8.31. The molecule has 2 amide bonds. The van der Waals surface area contributed by atoms with Crippen molar-refractivity contribution in [3.05, 3.63) is 72.7 Å². The average Bonchev–Trinajstić information content (AvgIpc) is 2.69. The van der Waals surface area contributed by atoms with Gasteiger partial charge in [0.2, 0.25) is 5.91 Å². The molecule has 0 aliphatic rings. The van der Waals surface area contributed by atoms with Crippen molar-refractivity contribution in [3.63, 3.8) is 0 Å². The number of nitro groups is 1. The summed E-state index contributed by atoms with van der Waals surface area (Å²) in [7, 11) is 0. The summed E-state index contributed by atoms with van der Waals surface area (Å²) in [5.41, 5.74) is 6.07. The minimum absolute atomic E-state index is 0.130. The van der Waals surface area contributed by atoms with Gasteiger partial charge in [-0.2, -0.15) is 0 Å². The molecular formula is C20H19Br2N3O6. The number of rotatable bonds is 9. The third-order valence-corrected chi connectivity index (χ3v) is 5.26. The molecule has 31 heavy (non-hydrogen) atoms. The molecule has 0 spiro atoms. The van der Waals surface area contributed by atoms with E-state index in [0.29, 0.717) is 14.5 Å². The summed E-state index contributed by atoms with van der Waals surface area (Å²) in [5.74, 6) is -2.94. The molecule has 0 saturated heterocycles. The lowest BCUT2D eigenvalue weighted by atomic mass is 9.87. The van der Waals surface area contributed by atoms with E-state index in [1.165, 1.54) is 24.3 Å². The topological polar surface area (TPSA) is 142 Å². The highest BCUT2D eigenvalue weighted by Crippen LogP contribution is 2.27. The Morgan fingerprint density at radius 3 is 2.19 bits per heavy atom. The van der Waals surface area contributed by atoms with Crippen molar-refractivity contribution in [2.45, 2.75) is 25.3 Å². The van der Waals surface area contributed by atoms with Gasteiger partial charge in [0, 0.05) is 32.6 Å². The summed E-state index contributed by atoms with van der Waals surface area (Å²) in [6.07, 6.45) is -0.262. The maximum atomic E-state index is 12.8. The molecule has 0 bridgehead atoms. The quantitative estimate of drug-likeness (QED) is 0.275. The predicted molar refractivity (Wildman–Crippen MR) is 119 cm³/mol. The lowest BCUT2D eigenvalue weighted by Crippen LogP contribution is -2.48. The van der Waals surface area contributed by atoms with Gasteiger partial charge in [-0.3, -0.25) is 24.5 Å². The van der Waals surface area contributed by atoms with Gasteiger partial charge in [-0.15, -0.1) is 0 Å². The first-order chi connectivity index (χ1) is 14.6. The Morgan fingerprint density at radius 2 is 1.71 bits per heavy atom. The summed E-state index contributed by atoms with van der Waals surface area (Å²) >= 11 is 6.59. The van der Waals surface area contributed by atoms with Crippen LogP contribution in [0, 0.1) is 10.1 Å². The Bertz CT molecular complexity index is 977. The van der Waals surface area contributed by atoms with Gasteiger partial charge in [0.25, 0.3) is 11.6 Å². The molecule has 0 unspecified atom stereocenters. The number of hydrogen-bond acceptors (Lipinski definition) is 6. The molecule has 2 aromatic carbocycles. The summed E-state index contributed by atoms with van der Waals surface area (Å²) in [6.45, 7) is 1.77. The summed E-state index contributed by atoms with van der Waals surface area (Å²) in [5, 5.41) is 13.5. The number of nitrogens with one attached hydrogen (secondary N) is 1. The zero-order chi connectivity index (χ0) is 23.1. The van der Waals surface area contributed by atoms with Crippen molar-refractivity contribution < 1.29 is 24.0 Å². The van der Waals surface area contributed by atoms with Crippen molar-refractivity contribution in [3.8, 4) is 0 Å².